The van der Waals surface area contributed by atoms with Crippen molar-refractivity contribution in [3.8, 4) is 0 Å². The molecule has 0 aliphatic carbocycles. The number of carboxylic acid groups (broad SMARTS) is 1. The quantitative estimate of drug-likeness (QED) is 0.543. The van der Waals surface area contributed by atoms with Crippen molar-refractivity contribution in [1.82, 2.24) is 0 Å². The van der Waals surface area contributed by atoms with Gasteiger partial charge in [-0.3, -0.25) is 25.0 Å². The van der Waals surface area contributed by atoms with E-state index < -0.39 is 24.3 Å². The number of amides is 1. The number of nitrogens with two attached hydrogens (primary N) is 1. The summed E-state index contributed by atoms with van der Waals surface area (Å²) in [6, 6.07) is 0.162. The van der Waals surface area contributed by atoms with Gasteiger partial charge in [-0.1, -0.05) is 6.92 Å². The first-order valence-electron chi connectivity index (χ1n) is 6.42. The Hall–Kier alpha value is -2.05. The first kappa shape index (κ1) is 17.9. The van der Waals surface area contributed by atoms with Crippen LogP contribution in [0, 0.1) is 11.3 Å². The maximum atomic E-state index is 11.1. The van der Waals surface area contributed by atoms with Crippen LogP contribution in [0.4, 0.5) is 0 Å². The molecule has 0 aliphatic heterocycles. The number of carboxylic acids is 1. The summed E-state index contributed by atoms with van der Waals surface area (Å²) in [5.41, 5.74) is 5.22. The summed E-state index contributed by atoms with van der Waals surface area (Å²) in [5.74, 6) is -2.53. The molecule has 7 nitrogen and oxygen atoms in total. The van der Waals surface area contributed by atoms with Crippen molar-refractivity contribution in [1.29, 1.82) is 5.41 Å². The Balaban J connectivity index is 4.95. The molecular weight excluding hydrogens is 260 g/mol. The number of nitrogens with zero attached hydrogens (tertiary/aromatic N) is 2. The number of primary amides is 1. The van der Waals surface area contributed by atoms with E-state index >= 15 is 0 Å². The summed E-state index contributed by atoms with van der Waals surface area (Å²) in [6.07, 6.45) is 2.83. The van der Waals surface area contributed by atoms with Gasteiger partial charge >= 0.3 is 5.97 Å². The Bertz CT molecular complexity index is 429. The first-order valence-corrected chi connectivity index (χ1v) is 6.42. The second-order valence-corrected chi connectivity index (χ2v) is 4.51. The number of nitrogens with one attached hydrogen (secondary N) is 1. The number of aliphatic imine (C=N–C) groups is 2. The Kier molecular flexibility index (Phi) is 8.03. The van der Waals surface area contributed by atoms with E-state index in [1.165, 1.54) is 0 Å². The van der Waals surface area contributed by atoms with Crippen molar-refractivity contribution in [2.45, 2.75) is 39.7 Å². The molecule has 0 spiro atoms. The van der Waals surface area contributed by atoms with Gasteiger partial charge in [-0.25, -0.2) is 0 Å². The van der Waals surface area contributed by atoms with Crippen molar-refractivity contribution in [2.24, 2.45) is 21.6 Å². The molecule has 0 saturated heterocycles. The molecule has 0 aromatic heterocycles. The minimum Gasteiger partial charge on any atom is -0.480 e. The minimum absolute atomic E-state index is 0.162. The van der Waals surface area contributed by atoms with E-state index in [2.05, 4.69) is 9.98 Å². The largest absolute Gasteiger partial charge is 0.480 e. The van der Waals surface area contributed by atoms with Crippen LogP contribution in [0.2, 0.25) is 0 Å². The number of hydrogen-bond donors (Lipinski definition) is 3. The Labute approximate surface area is 118 Å². The van der Waals surface area contributed by atoms with Crippen LogP contribution in [-0.2, 0) is 9.59 Å². The molecule has 2 unspecified atom stereocenters. The fourth-order valence-electron chi connectivity index (χ4n) is 1.42. The molecule has 4 N–H and O–H groups in total. The van der Waals surface area contributed by atoms with Gasteiger partial charge < -0.3 is 10.8 Å². The summed E-state index contributed by atoms with van der Waals surface area (Å²) in [5, 5.41) is 16.3. The molecule has 1 amide bonds. The molecule has 0 fully saturated rings. The number of aliphatic carboxylic acids is 1. The molecule has 0 bridgehead atoms. The van der Waals surface area contributed by atoms with Gasteiger partial charge in [0.05, 0.1) is 0 Å². The van der Waals surface area contributed by atoms with Crippen LogP contribution in [-0.4, -0.2) is 47.2 Å². The van der Waals surface area contributed by atoms with Gasteiger partial charge in [-0.15, -0.1) is 0 Å². The molecule has 0 aliphatic rings. The molecule has 0 radical (unpaired) electrons. The van der Waals surface area contributed by atoms with Crippen molar-refractivity contribution < 1.29 is 14.7 Å². The number of carbonyl (C=O) groups is 2. The highest BCUT2D eigenvalue weighted by Crippen LogP contribution is 2.08. The highest BCUT2D eigenvalue weighted by Gasteiger charge is 2.21. The lowest BCUT2D eigenvalue weighted by atomic mass is 9.94. The van der Waals surface area contributed by atoms with Gasteiger partial charge in [0.1, 0.15) is 12.3 Å². The molecule has 0 heterocycles. The van der Waals surface area contributed by atoms with Crippen LogP contribution >= 0.6 is 0 Å². The van der Waals surface area contributed by atoms with Gasteiger partial charge in [0, 0.05) is 23.9 Å². The van der Waals surface area contributed by atoms with Gasteiger partial charge in [0.15, 0.2) is 0 Å². The molecular formula is C13H22N4O3. The monoisotopic (exact) mass is 282 g/mol. The minimum atomic E-state index is -1.07. The predicted octanol–water partition coefficient (Wildman–Crippen LogP) is 0.913. The smallest absolute Gasteiger partial charge is 0.325 e. The molecule has 0 rings (SSSR count). The fourth-order valence-corrected chi connectivity index (χ4v) is 1.42. The van der Waals surface area contributed by atoms with E-state index in [4.69, 9.17) is 16.2 Å². The Morgan fingerprint density at radius 1 is 1.45 bits per heavy atom. The summed E-state index contributed by atoms with van der Waals surface area (Å²) in [6.45, 7) is 5.15. The third-order valence-corrected chi connectivity index (χ3v) is 2.87. The van der Waals surface area contributed by atoms with Gasteiger partial charge in [0.2, 0.25) is 0 Å². The Morgan fingerprint density at radius 2 is 2.05 bits per heavy atom. The second-order valence-electron chi connectivity index (χ2n) is 4.51. The molecule has 2 atom stereocenters. The van der Waals surface area contributed by atoms with Crippen molar-refractivity contribution >= 4 is 29.5 Å². The van der Waals surface area contributed by atoms with Crippen molar-refractivity contribution in [3.63, 3.8) is 0 Å². The first-order chi connectivity index (χ1) is 9.29. The van der Waals surface area contributed by atoms with Crippen LogP contribution in [0.3, 0.4) is 0 Å². The number of hydrogen-bond acceptors (Lipinski definition) is 5. The summed E-state index contributed by atoms with van der Waals surface area (Å²) in [7, 11) is 0. The van der Waals surface area contributed by atoms with E-state index in [9.17, 15) is 9.59 Å². The van der Waals surface area contributed by atoms with Crippen LogP contribution in [0.5, 0.6) is 0 Å². The highest BCUT2D eigenvalue weighted by atomic mass is 16.4. The summed E-state index contributed by atoms with van der Waals surface area (Å²) >= 11 is 0. The van der Waals surface area contributed by atoms with E-state index in [0.29, 0.717) is 12.1 Å². The maximum absolute atomic E-state index is 11.1. The van der Waals surface area contributed by atoms with Gasteiger partial charge in [-0.2, -0.15) is 0 Å². The van der Waals surface area contributed by atoms with Gasteiger partial charge in [0.25, 0.3) is 5.91 Å². The van der Waals surface area contributed by atoms with Crippen molar-refractivity contribution in [2.75, 3.05) is 6.54 Å². The predicted molar refractivity (Wildman–Crippen MR) is 78.9 cm³/mol. The normalized spacial score (nSPS) is 15.1. The lowest BCUT2D eigenvalue weighted by Gasteiger charge is -2.14. The molecule has 112 valence electrons. The van der Waals surface area contributed by atoms with E-state index in [1.54, 1.807) is 13.1 Å². The van der Waals surface area contributed by atoms with E-state index in [0.717, 1.165) is 6.42 Å². The van der Waals surface area contributed by atoms with Crippen LogP contribution in [0.25, 0.3) is 0 Å². The average molecular weight is 282 g/mol. The third-order valence-electron chi connectivity index (χ3n) is 2.87. The zero-order valence-electron chi connectivity index (χ0n) is 12.1. The maximum Gasteiger partial charge on any atom is 0.325 e. The van der Waals surface area contributed by atoms with Crippen LogP contribution in [0.1, 0.15) is 33.6 Å². The molecule has 0 aromatic rings. The highest BCUT2D eigenvalue weighted by molar-refractivity contribution is 6.41. The SMILES string of the molecule is CCC(C)N=CCC(C(=N)C(N)=O)C(C)=NCC(=O)O. The zero-order chi connectivity index (χ0) is 15.7. The average Bonchev–Trinajstić information content (AvgIpc) is 2.39. The second kappa shape index (κ2) is 8.95. The lowest BCUT2D eigenvalue weighted by molar-refractivity contribution is -0.135. The molecule has 7 heteroatoms. The standard InChI is InChI=1S/C13H22N4O3/c1-4-8(2)16-6-5-10(12(14)13(15)20)9(3)17-7-11(18)19/h6,8,10,14H,4-5,7H2,1-3H3,(H2,15,20)(H,18,19). The number of rotatable bonds is 9. The Morgan fingerprint density at radius 3 is 2.50 bits per heavy atom. The van der Waals surface area contributed by atoms with Gasteiger partial charge in [-0.05, 0) is 26.7 Å². The lowest BCUT2D eigenvalue weighted by Crippen LogP contribution is -2.34. The van der Waals surface area contributed by atoms with E-state index in [1.807, 2.05) is 13.8 Å². The van der Waals surface area contributed by atoms with Crippen LogP contribution in [0.15, 0.2) is 9.98 Å². The third kappa shape index (κ3) is 6.77. The zero-order valence-corrected chi connectivity index (χ0v) is 12.1. The fraction of sp³-hybridized carbons (Fsp3) is 0.615. The molecule has 0 saturated carbocycles. The molecule has 20 heavy (non-hydrogen) atoms. The topological polar surface area (TPSA) is 129 Å². The number of carbonyl (C=O) groups excluding carboxylic acids is 1. The summed E-state index contributed by atoms with van der Waals surface area (Å²) < 4.78 is 0. The summed E-state index contributed by atoms with van der Waals surface area (Å²) in [4.78, 5) is 29.7. The van der Waals surface area contributed by atoms with Crippen molar-refractivity contribution in [3.05, 3.63) is 0 Å². The van der Waals surface area contributed by atoms with Crippen LogP contribution < -0.4 is 5.73 Å². The van der Waals surface area contributed by atoms with E-state index in [-0.39, 0.29) is 11.8 Å². The molecule has 0 aromatic carbocycles.